The first-order valence-corrected chi connectivity index (χ1v) is 24.0. The monoisotopic (exact) mass is 828 g/mol. The fraction of sp³-hybridized carbons (Fsp3) is 0.800. The molecule has 0 saturated carbocycles. The van der Waals surface area contributed by atoms with Gasteiger partial charge < -0.3 is 25.2 Å². The molecule has 0 fully saturated rings. The summed E-state index contributed by atoms with van der Waals surface area (Å²) in [6, 6.07) is -1.54. The van der Waals surface area contributed by atoms with Gasteiger partial charge in [-0.15, -0.1) is 0 Å². The predicted octanol–water partition coefficient (Wildman–Crippen LogP) is 11.6. The molecule has 11 nitrogen and oxygen atoms in total. The topological polar surface area (TPSA) is 169 Å². The van der Waals surface area contributed by atoms with Crippen LogP contribution in [-0.2, 0) is 32.7 Å². The average molecular weight is 828 g/mol. The Kier molecular flexibility index (Phi) is 38.8. The number of phosphoric ester groups is 1. The summed E-state index contributed by atoms with van der Waals surface area (Å²) in [4.78, 5) is 45.9. The summed E-state index contributed by atoms with van der Waals surface area (Å²) in [6.07, 6.45) is 43.0. The molecule has 0 heterocycles. The number of carboxylic acid groups (broad SMARTS) is 1. The number of esters is 1. The summed E-state index contributed by atoms with van der Waals surface area (Å²) in [5, 5.41) is 21.8. The minimum Gasteiger partial charge on any atom is -0.480 e. The average Bonchev–Trinajstić information content (AvgIpc) is 3.18. The van der Waals surface area contributed by atoms with Gasteiger partial charge in [-0.05, 0) is 51.4 Å². The molecule has 332 valence electrons. The van der Waals surface area contributed by atoms with Crippen LogP contribution in [0, 0.1) is 0 Å². The summed E-state index contributed by atoms with van der Waals surface area (Å²) < 4.78 is 26.8. The Labute approximate surface area is 346 Å². The highest BCUT2D eigenvalue weighted by Crippen LogP contribution is 2.43. The lowest BCUT2D eigenvalue weighted by Gasteiger charge is -2.18. The van der Waals surface area contributed by atoms with Crippen molar-refractivity contribution in [3.8, 4) is 0 Å². The smallest absolute Gasteiger partial charge is 0.472 e. The maximum Gasteiger partial charge on any atom is 0.472 e. The van der Waals surface area contributed by atoms with E-state index in [9.17, 15) is 34.1 Å². The molecule has 1 amide bonds. The third-order valence-corrected chi connectivity index (χ3v) is 10.6. The number of carboxylic acids is 1. The van der Waals surface area contributed by atoms with Gasteiger partial charge in [0.2, 0.25) is 5.91 Å². The van der Waals surface area contributed by atoms with E-state index in [0.29, 0.717) is 12.8 Å². The molecule has 0 spiro atoms. The Morgan fingerprint density at radius 3 is 1.47 bits per heavy atom. The van der Waals surface area contributed by atoms with Crippen LogP contribution in [0.3, 0.4) is 0 Å². The van der Waals surface area contributed by atoms with Crippen molar-refractivity contribution in [3.05, 3.63) is 36.5 Å². The number of hydrogen-bond donors (Lipinski definition) is 4. The largest absolute Gasteiger partial charge is 0.480 e. The summed E-state index contributed by atoms with van der Waals surface area (Å²) in [5.41, 5.74) is 0. The van der Waals surface area contributed by atoms with E-state index in [2.05, 4.69) is 55.6 Å². The molecule has 0 aromatic rings. The molecule has 3 unspecified atom stereocenters. The Hall–Kier alpha value is -2.30. The molecule has 12 heteroatoms. The predicted molar refractivity (Wildman–Crippen MR) is 231 cm³/mol. The second kappa shape index (κ2) is 40.5. The van der Waals surface area contributed by atoms with E-state index in [4.69, 9.17) is 13.8 Å². The molecule has 0 saturated heterocycles. The number of allylic oxidation sites excluding steroid dienone is 6. The van der Waals surface area contributed by atoms with Crippen molar-refractivity contribution in [1.29, 1.82) is 0 Å². The number of phosphoric acid groups is 1. The van der Waals surface area contributed by atoms with Gasteiger partial charge in [-0.3, -0.25) is 18.6 Å². The number of unbranched alkanes of at least 4 members (excludes halogenated alkanes) is 22. The third-order valence-electron chi connectivity index (χ3n) is 9.68. The van der Waals surface area contributed by atoms with Gasteiger partial charge in [0.1, 0.15) is 12.7 Å². The first kappa shape index (κ1) is 54.7. The van der Waals surface area contributed by atoms with Gasteiger partial charge >= 0.3 is 19.8 Å². The third kappa shape index (κ3) is 40.3. The number of rotatable bonds is 42. The maximum absolute atomic E-state index is 12.3. The molecule has 0 aliphatic carbocycles. The molecular weight excluding hydrogens is 745 g/mol. The van der Waals surface area contributed by atoms with E-state index < -0.39 is 57.6 Å². The van der Waals surface area contributed by atoms with Crippen molar-refractivity contribution in [3.63, 3.8) is 0 Å². The number of aliphatic carboxylic acids is 1. The number of carbonyl (C=O) groups is 3. The van der Waals surface area contributed by atoms with Crippen LogP contribution >= 0.6 is 7.82 Å². The van der Waals surface area contributed by atoms with Crippen LogP contribution in [-0.4, -0.2) is 64.9 Å². The molecule has 3 atom stereocenters. The zero-order valence-corrected chi connectivity index (χ0v) is 36.8. The molecule has 0 aromatic heterocycles. The lowest BCUT2D eigenvalue weighted by atomic mass is 10.0. The van der Waals surface area contributed by atoms with Crippen LogP contribution in [0.5, 0.6) is 0 Å². The number of aliphatic hydroxyl groups excluding tert-OH is 1. The number of ether oxygens (including phenoxy) is 1. The maximum atomic E-state index is 12.3. The highest BCUT2D eigenvalue weighted by Gasteiger charge is 2.28. The zero-order chi connectivity index (χ0) is 42.1. The van der Waals surface area contributed by atoms with Gasteiger partial charge in [-0.1, -0.05) is 172 Å². The van der Waals surface area contributed by atoms with Crippen molar-refractivity contribution in [2.75, 3.05) is 19.8 Å². The molecule has 0 aliphatic heterocycles. The quantitative estimate of drug-likeness (QED) is 0.0201. The molecule has 0 bridgehead atoms. The molecule has 4 N–H and O–H groups in total. The van der Waals surface area contributed by atoms with Crippen LogP contribution in [0.15, 0.2) is 36.5 Å². The normalized spacial score (nSPS) is 14.0. The Balaban J connectivity index is 3.90. The first-order chi connectivity index (χ1) is 27.6. The van der Waals surface area contributed by atoms with Gasteiger partial charge in [0, 0.05) is 12.8 Å². The van der Waals surface area contributed by atoms with E-state index in [1.54, 1.807) is 0 Å². The Bertz CT molecular complexity index is 1110. The number of nitrogens with one attached hydrogen (secondary N) is 1. The number of aliphatic hydroxyl groups is 1. The van der Waals surface area contributed by atoms with Crippen LogP contribution in [0.2, 0.25) is 0 Å². The minimum atomic E-state index is -4.76. The molecule has 0 aromatic carbocycles. The summed E-state index contributed by atoms with van der Waals surface area (Å²) in [7, 11) is -4.76. The number of amides is 1. The standard InChI is InChI=1S/C45H82NO10P/c1-3-5-7-9-11-13-15-17-19-20-21-22-23-25-27-29-31-33-35-37-44(49)54-38-41(47)39-55-57(52,53)56-40-42(45(50)51)46-43(48)36-34-32-30-28-26-24-18-16-14-12-10-8-6-4-2/h11,13,17,19,21-22,41-42,47H,3-10,12,14-16,18,20,23-40H2,1-2H3,(H,46,48)(H,50,51)(H,52,53)/b13-11-,19-17-,22-21-. The van der Waals surface area contributed by atoms with Gasteiger partial charge in [0.05, 0.1) is 13.2 Å². The highest BCUT2D eigenvalue weighted by molar-refractivity contribution is 7.47. The molecule has 0 rings (SSSR count). The van der Waals surface area contributed by atoms with Gasteiger partial charge in [-0.2, -0.15) is 0 Å². The summed E-state index contributed by atoms with van der Waals surface area (Å²) >= 11 is 0. The van der Waals surface area contributed by atoms with E-state index >= 15 is 0 Å². The zero-order valence-electron chi connectivity index (χ0n) is 35.9. The van der Waals surface area contributed by atoms with Gasteiger partial charge in [0.15, 0.2) is 6.04 Å². The van der Waals surface area contributed by atoms with Crippen LogP contribution < -0.4 is 5.32 Å². The first-order valence-electron chi connectivity index (χ1n) is 22.5. The molecule has 0 aliphatic rings. The number of hydrogen-bond acceptors (Lipinski definition) is 8. The second-order valence-electron chi connectivity index (χ2n) is 15.2. The fourth-order valence-corrected chi connectivity index (χ4v) is 6.92. The van der Waals surface area contributed by atoms with E-state index in [1.165, 1.54) is 89.9 Å². The van der Waals surface area contributed by atoms with Crippen molar-refractivity contribution in [2.45, 2.75) is 212 Å². The Morgan fingerprint density at radius 2 is 0.965 bits per heavy atom. The van der Waals surface area contributed by atoms with E-state index in [0.717, 1.165) is 70.6 Å². The summed E-state index contributed by atoms with van der Waals surface area (Å²) in [6.45, 7) is 2.56. The van der Waals surface area contributed by atoms with Crippen molar-refractivity contribution in [2.24, 2.45) is 0 Å². The van der Waals surface area contributed by atoms with Crippen LogP contribution in [0.1, 0.15) is 200 Å². The minimum absolute atomic E-state index is 0.148. The lowest BCUT2D eigenvalue weighted by molar-refractivity contribution is -0.147. The number of carbonyl (C=O) groups excluding carboxylic acids is 2. The van der Waals surface area contributed by atoms with Crippen molar-refractivity contribution < 1.29 is 47.8 Å². The SMILES string of the molecule is CCCCC/C=C\C/C=C\C/C=C\CCCCCCCCC(=O)OCC(O)COP(=O)(O)OCC(NC(=O)CCCCCCCCCCCCCCCC)C(=O)O. The fourth-order valence-electron chi connectivity index (χ4n) is 6.15. The van der Waals surface area contributed by atoms with E-state index in [1.807, 2.05) is 0 Å². The second-order valence-corrected chi connectivity index (χ2v) is 16.7. The lowest BCUT2D eigenvalue weighted by Crippen LogP contribution is -2.43. The van der Waals surface area contributed by atoms with Gasteiger partial charge in [0.25, 0.3) is 0 Å². The van der Waals surface area contributed by atoms with Gasteiger partial charge in [-0.25, -0.2) is 9.36 Å². The van der Waals surface area contributed by atoms with Crippen LogP contribution in [0.4, 0.5) is 0 Å². The van der Waals surface area contributed by atoms with Crippen molar-refractivity contribution >= 4 is 25.7 Å². The molecular formula is C45H82NO10P. The van der Waals surface area contributed by atoms with Crippen LogP contribution in [0.25, 0.3) is 0 Å². The molecule has 0 radical (unpaired) electrons. The summed E-state index contributed by atoms with van der Waals surface area (Å²) in [5.74, 6) is -2.38. The molecule has 57 heavy (non-hydrogen) atoms. The highest BCUT2D eigenvalue weighted by atomic mass is 31.2. The van der Waals surface area contributed by atoms with E-state index in [-0.39, 0.29) is 12.8 Å². The Morgan fingerprint density at radius 1 is 0.561 bits per heavy atom. The van der Waals surface area contributed by atoms with Crippen molar-refractivity contribution in [1.82, 2.24) is 5.32 Å².